The minimum atomic E-state index is 0.778. The lowest BCUT2D eigenvalue weighted by Crippen LogP contribution is -1.82. The molecule has 0 saturated heterocycles. The maximum absolute atomic E-state index is 5.71. The zero-order valence-corrected chi connectivity index (χ0v) is 15.2. The molecular formula is C22H18N2OS. The molecule has 3 aromatic carbocycles. The van der Waals surface area contributed by atoms with Gasteiger partial charge in [0.15, 0.2) is 0 Å². The molecule has 0 radical (unpaired) electrons. The Morgan fingerprint density at radius 2 is 1.54 bits per heavy atom. The van der Waals surface area contributed by atoms with Gasteiger partial charge >= 0.3 is 0 Å². The van der Waals surface area contributed by atoms with Crippen LogP contribution in [0.15, 0.2) is 66.7 Å². The number of hydrogen-bond acceptors (Lipinski definition) is 4. The quantitative estimate of drug-likeness (QED) is 0.375. The minimum Gasteiger partial charge on any atom is -0.497 e. The van der Waals surface area contributed by atoms with E-state index in [1.807, 2.05) is 36.4 Å². The highest BCUT2D eigenvalue weighted by Gasteiger charge is 2.07. The first-order valence-corrected chi connectivity index (χ1v) is 9.11. The van der Waals surface area contributed by atoms with E-state index >= 15 is 0 Å². The van der Waals surface area contributed by atoms with Crippen LogP contribution in [-0.2, 0) is 0 Å². The highest BCUT2D eigenvalue weighted by Crippen LogP contribution is 2.32. The zero-order valence-electron chi connectivity index (χ0n) is 14.3. The summed E-state index contributed by atoms with van der Waals surface area (Å²) in [6.07, 6.45) is 4.18. The van der Waals surface area contributed by atoms with E-state index in [0.29, 0.717) is 0 Å². The molecule has 0 saturated carbocycles. The first-order chi connectivity index (χ1) is 12.7. The summed E-state index contributed by atoms with van der Waals surface area (Å²) in [7, 11) is 1.67. The Labute approximate surface area is 156 Å². The predicted octanol–water partition coefficient (Wildman–Crippen LogP) is 5.72. The third-order valence-corrected chi connectivity index (χ3v) is 5.24. The molecule has 0 bridgehead atoms. The summed E-state index contributed by atoms with van der Waals surface area (Å²) in [6.45, 7) is 0. The third-order valence-electron chi connectivity index (χ3n) is 4.16. The lowest BCUT2D eigenvalue weighted by molar-refractivity contribution is 0.415. The predicted molar refractivity (Wildman–Crippen MR) is 111 cm³/mol. The second-order valence-corrected chi connectivity index (χ2v) is 7.01. The lowest BCUT2D eigenvalue weighted by atomic mass is 10.1. The topological polar surface area (TPSA) is 48.1 Å². The summed E-state index contributed by atoms with van der Waals surface area (Å²) >= 11 is 1.69. The van der Waals surface area contributed by atoms with Crippen molar-refractivity contribution in [3.05, 3.63) is 77.9 Å². The van der Waals surface area contributed by atoms with Gasteiger partial charge in [-0.25, -0.2) is 4.98 Å². The molecule has 0 fully saturated rings. The molecule has 4 heteroatoms. The van der Waals surface area contributed by atoms with Crippen molar-refractivity contribution < 1.29 is 4.74 Å². The van der Waals surface area contributed by atoms with Crippen molar-refractivity contribution in [3.8, 4) is 16.3 Å². The molecule has 26 heavy (non-hydrogen) atoms. The molecule has 4 rings (SSSR count). The molecule has 0 unspecified atom stereocenters. The van der Waals surface area contributed by atoms with Crippen molar-refractivity contribution in [2.75, 3.05) is 12.8 Å². The van der Waals surface area contributed by atoms with E-state index in [1.54, 1.807) is 18.4 Å². The Balaban J connectivity index is 1.56. The van der Waals surface area contributed by atoms with E-state index in [1.165, 1.54) is 0 Å². The summed E-state index contributed by atoms with van der Waals surface area (Å²) in [4.78, 5) is 4.73. The average Bonchev–Trinajstić information content (AvgIpc) is 3.11. The van der Waals surface area contributed by atoms with E-state index in [2.05, 4.69) is 42.5 Å². The van der Waals surface area contributed by atoms with Gasteiger partial charge in [0.05, 0.1) is 17.3 Å². The molecule has 1 aromatic heterocycles. The van der Waals surface area contributed by atoms with Gasteiger partial charge in [-0.3, -0.25) is 0 Å². The molecule has 0 aliphatic heterocycles. The van der Waals surface area contributed by atoms with Crippen molar-refractivity contribution in [1.29, 1.82) is 0 Å². The Kier molecular flexibility index (Phi) is 4.42. The van der Waals surface area contributed by atoms with E-state index in [0.717, 1.165) is 43.4 Å². The fourth-order valence-corrected chi connectivity index (χ4v) is 3.65. The fraction of sp³-hybridized carbons (Fsp3) is 0.0455. The van der Waals surface area contributed by atoms with Crippen LogP contribution in [0, 0.1) is 0 Å². The van der Waals surface area contributed by atoms with Gasteiger partial charge in [-0.1, -0.05) is 48.6 Å². The highest BCUT2D eigenvalue weighted by atomic mass is 32.1. The smallest absolute Gasteiger partial charge is 0.124 e. The van der Waals surface area contributed by atoms with Gasteiger partial charge in [-0.05, 0) is 35.4 Å². The summed E-state index contributed by atoms with van der Waals surface area (Å²) in [5.41, 5.74) is 10.9. The van der Waals surface area contributed by atoms with Gasteiger partial charge in [0.25, 0.3) is 0 Å². The van der Waals surface area contributed by atoms with Crippen LogP contribution in [0.5, 0.6) is 5.75 Å². The molecule has 2 N–H and O–H groups in total. The number of aromatic nitrogens is 1. The maximum atomic E-state index is 5.71. The second kappa shape index (κ2) is 7.02. The average molecular weight is 358 g/mol. The monoisotopic (exact) mass is 358 g/mol. The van der Waals surface area contributed by atoms with Crippen LogP contribution in [0.4, 0.5) is 5.69 Å². The van der Waals surface area contributed by atoms with Gasteiger partial charge in [-0.2, -0.15) is 0 Å². The maximum Gasteiger partial charge on any atom is 0.124 e. The number of hydrogen-bond donors (Lipinski definition) is 1. The normalized spacial score (nSPS) is 11.3. The van der Waals surface area contributed by atoms with Gasteiger partial charge in [-0.15, -0.1) is 11.3 Å². The number of anilines is 1. The van der Waals surface area contributed by atoms with E-state index in [-0.39, 0.29) is 0 Å². The largest absolute Gasteiger partial charge is 0.497 e. The van der Waals surface area contributed by atoms with Crippen LogP contribution in [0.1, 0.15) is 11.1 Å². The Bertz CT molecular complexity index is 1060. The number of nitrogens with zero attached hydrogens (tertiary/aromatic N) is 1. The zero-order chi connectivity index (χ0) is 17.9. The van der Waals surface area contributed by atoms with Crippen LogP contribution >= 0.6 is 11.3 Å². The molecule has 1 heterocycles. The fourth-order valence-electron chi connectivity index (χ4n) is 2.69. The van der Waals surface area contributed by atoms with Crippen molar-refractivity contribution in [2.45, 2.75) is 0 Å². The molecule has 0 aliphatic rings. The number of nitrogen functional groups attached to an aromatic ring is 1. The minimum absolute atomic E-state index is 0.778. The van der Waals surface area contributed by atoms with Crippen molar-refractivity contribution in [1.82, 2.24) is 4.98 Å². The number of ether oxygens (including phenoxy) is 1. The number of benzene rings is 3. The van der Waals surface area contributed by atoms with Crippen LogP contribution in [0.3, 0.4) is 0 Å². The van der Waals surface area contributed by atoms with E-state index in [9.17, 15) is 0 Å². The lowest BCUT2D eigenvalue weighted by Gasteiger charge is -1.98. The molecule has 3 nitrogen and oxygen atoms in total. The standard InChI is InChI=1S/C22H18N2OS/c1-25-19-12-13-21-20(14-19)24-22(26-21)17-8-4-15(5-9-17)2-3-16-6-10-18(23)11-7-16/h2-14H,23H2,1H3/b3-2+. The SMILES string of the molecule is COc1ccc2sc(-c3ccc(/C=C/c4ccc(N)cc4)cc3)nc2c1. The molecule has 0 amide bonds. The first-order valence-electron chi connectivity index (χ1n) is 8.30. The number of thiazole rings is 1. The summed E-state index contributed by atoms with van der Waals surface area (Å²) < 4.78 is 6.43. The molecule has 0 atom stereocenters. The highest BCUT2D eigenvalue weighted by molar-refractivity contribution is 7.21. The molecule has 128 valence electrons. The van der Waals surface area contributed by atoms with Crippen LogP contribution in [0.2, 0.25) is 0 Å². The summed E-state index contributed by atoms with van der Waals surface area (Å²) in [5, 5.41) is 1.02. The first kappa shape index (κ1) is 16.4. The van der Waals surface area contributed by atoms with Crippen LogP contribution in [0.25, 0.3) is 32.9 Å². The van der Waals surface area contributed by atoms with Gasteiger partial charge in [0, 0.05) is 17.3 Å². The van der Waals surface area contributed by atoms with Crippen molar-refractivity contribution in [3.63, 3.8) is 0 Å². The Morgan fingerprint density at radius 1 is 0.885 bits per heavy atom. The Morgan fingerprint density at radius 3 is 2.19 bits per heavy atom. The summed E-state index contributed by atoms with van der Waals surface area (Å²) in [6, 6.07) is 22.3. The Hall–Kier alpha value is -3.11. The van der Waals surface area contributed by atoms with Gasteiger partial charge in [0.2, 0.25) is 0 Å². The molecular weight excluding hydrogens is 340 g/mol. The molecule has 0 aliphatic carbocycles. The second-order valence-electron chi connectivity index (χ2n) is 5.97. The van der Waals surface area contributed by atoms with Crippen LogP contribution in [-0.4, -0.2) is 12.1 Å². The van der Waals surface area contributed by atoms with Crippen LogP contribution < -0.4 is 10.5 Å². The summed E-state index contributed by atoms with van der Waals surface area (Å²) in [5.74, 6) is 0.831. The van der Waals surface area contributed by atoms with Gasteiger partial charge in [0.1, 0.15) is 10.8 Å². The van der Waals surface area contributed by atoms with Gasteiger partial charge < -0.3 is 10.5 Å². The third kappa shape index (κ3) is 3.46. The number of fused-ring (bicyclic) bond motifs is 1. The van der Waals surface area contributed by atoms with Crippen molar-refractivity contribution in [2.24, 2.45) is 0 Å². The number of nitrogens with two attached hydrogens (primary N) is 1. The van der Waals surface area contributed by atoms with E-state index < -0.39 is 0 Å². The number of rotatable bonds is 4. The van der Waals surface area contributed by atoms with Crippen molar-refractivity contribution >= 4 is 39.4 Å². The molecule has 0 spiro atoms. The number of methoxy groups -OCH3 is 1. The molecule has 4 aromatic rings. The van der Waals surface area contributed by atoms with E-state index in [4.69, 9.17) is 15.5 Å².